The lowest BCUT2D eigenvalue weighted by molar-refractivity contribution is -0.142. The van der Waals surface area contributed by atoms with Gasteiger partial charge >= 0.3 is 5.97 Å². The van der Waals surface area contributed by atoms with Crippen LogP contribution in [0.4, 0.5) is 0 Å². The topological polar surface area (TPSA) is 160 Å². The average Bonchev–Trinajstić information content (AvgIpc) is 3.02. The second kappa shape index (κ2) is 16.4. The highest BCUT2D eigenvalue weighted by Gasteiger charge is 2.40. The number of thioether (sulfide) groups is 1. The molecule has 0 aliphatic carbocycles. The largest absolute Gasteiger partial charge is 0.480 e. The van der Waals surface area contributed by atoms with Gasteiger partial charge in [0.25, 0.3) is 0 Å². The van der Waals surface area contributed by atoms with Crippen LogP contribution in [-0.4, -0.2) is 70.9 Å². The van der Waals surface area contributed by atoms with E-state index in [1.165, 1.54) is 18.7 Å². The van der Waals surface area contributed by atoms with Gasteiger partial charge in [-0.15, -0.1) is 11.8 Å². The van der Waals surface area contributed by atoms with E-state index in [1.54, 1.807) is 27.7 Å². The van der Waals surface area contributed by atoms with Crippen molar-refractivity contribution in [3.8, 4) is 0 Å². The van der Waals surface area contributed by atoms with Crippen molar-refractivity contribution in [2.75, 3.05) is 12.3 Å². The molecule has 4 atom stereocenters. The molecule has 11 heteroatoms. The van der Waals surface area contributed by atoms with Crippen molar-refractivity contribution in [2.45, 2.75) is 69.2 Å². The van der Waals surface area contributed by atoms with E-state index in [-0.39, 0.29) is 5.75 Å². The van der Waals surface area contributed by atoms with E-state index in [4.69, 9.17) is 15.6 Å². The van der Waals surface area contributed by atoms with Gasteiger partial charge in [0, 0.05) is 5.75 Å². The maximum Gasteiger partial charge on any atom is 0.322 e. The van der Waals surface area contributed by atoms with Gasteiger partial charge in [0.05, 0.1) is 22.5 Å². The van der Waals surface area contributed by atoms with E-state index in [1.807, 2.05) is 91.0 Å². The minimum Gasteiger partial charge on any atom is -0.480 e. The predicted molar refractivity (Wildman–Crippen MR) is 180 cm³/mol. The van der Waals surface area contributed by atoms with Gasteiger partial charge in [0.1, 0.15) is 18.6 Å². The van der Waals surface area contributed by atoms with Crippen LogP contribution in [0.3, 0.4) is 0 Å². The highest BCUT2D eigenvalue weighted by molar-refractivity contribution is 8.00. The van der Waals surface area contributed by atoms with Crippen LogP contribution in [0, 0.1) is 0 Å². The zero-order valence-electron chi connectivity index (χ0n) is 26.9. The molecule has 0 aliphatic heterocycles. The molecule has 0 aliphatic rings. The zero-order chi connectivity index (χ0) is 33.9. The Kier molecular flexibility index (Phi) is 12.9. The van der Waals surface area contributed by atoms with Crippen LogP contribution in [0.5, 0.6) is 0 Å². The van der Waals surface area contributed by atoms with Gasteiger partial charge in [-0.05, 0) is 51.3 Å². The average molecular weight is 649 g/mol. The van der Waals surface area contributed by atoms with Gasteiger partial charge in [-0.2, -0.15) is 0 Å². The standard InChI is InChI=1S/C35H44N4O6S/c1-23(36)31(42)38-28(32(43)39-30(24(2)45-34(3,4)5)33(44)37-21-29(40)41)22-46-35(25-15-9-6-10-16-25,26-17-11-7-12-18-26)27-19-13-8-14-20-27/h6-20,23-24,28,30H,21-22,36H2,1-5H3,(H,37,44)(H,38,42)(H,39,43)(H,40,41)/t23-,24+,28-,30-/m0/s1. The van der Waals surface area contributed by atoms with Crippen molar-refractivity contribution in [3.05, 3.63) is 108 Å². The Morgan fingerprint density at radius 3 is 1.61 bits per heavy atom. The lowest BCUT2D eigenvalue weighted by Gasteiger charge is -2.37. The molecular formula is C35H44N4O6S. The number of carboxylic acids is 1. The Morgan fingerprint density at radius 1 is 0.761 bits per heavy atom. The molecule has 0 bridgehead atoms. The fraction of sp³-hybridized carbons (Fsp3) is 0.371. The van der Waals surface area contributed by atoms with Gasteiger partial charge in [-0.1, -0.05) is 91.0 Å². The number of amides is 3. The minimum atomic E-state index is -1.26. The fourth-order valence-corrected chi connectivity index (χ4v) is 6.57. The number of nitrogens with one attached hydrogen (secondary N) is 3. The molecule has 3 aromatic rings. The highest BCUT2D eigenvalue weighted by atomic mass is 32.2. The number of hydrogen-bond donors (Lipinski definition) is 5. The molecular weight excluding hydrogens is 604 g/mol. The second-order valence-electron chi connectivity index (χ2n) is 12.0. The molecule has 0 aromatic heterocycles. The maximum atomic E-state index is 14.0. The quantitative estimate of drug-likeness (QED) is 0.157. The monoisotopic (exact) mass is 648 g/mol. The van der Waals surface area contributed by atoms with Gasteiger partial charge in [0.2, 0.25) is 17.7 Å². The van der Waals surface area contributed by atoms with Gasteiger partial charge < -0.3 is 31.5 Å². The number of nitrogens with two attached hydrogens (primary N) is 1. The second-order valence-corrected chi connectivity index (χ2v) is 13.2. The first-order valence-corrected chi connectivity index (χ1v) is 16.1. The summed E-state index contributed by atoms with van der Waals surface area (Å²) in [5, 5.41) is 16.9. The van der Waals surface area contributed by atoms with Crippen molar-refractivity contribution < 1.29 is 29.0 Å². The van der Waals surface area contributed by atoms with Gasteiger partial charge in [-0.25, -0.2) is 0 Å². The highest BCUT2D eigenvalue weighted by Crippen LogP contribution is 2.48. The van der Waals surface area contributed by atoms with E-state index in [0.717, 1.165) is 16.7 Å². The first kappa shape index (κ1) is 36.3. The fourth-order valence-electron chi connectivity index (χ4n) is 5.01. The summed E-state index contributed by atoms with van der Waals surface area (Å²) in [7, 11) is 0. The van der Waals surface area contributed by atoms with Crippen LogP contribution >= 0.6 is 11.8 Å². The lowest BCUT2D eigenvalue weighted by atomic mass is 9.84. The molecule has 0 spiro atoms. The summed E-state index contributed by atoms with van der Waals surface area (Å²) in [4.78, 5) is 51.3. The van der Waals surface area contributed by atoms with E-state index >= 15 is 0 Å². The Morgan fingerprint density at radius 2 is 1.22 bits per heavy atom. The molecule has 0 saturated heterocycles. The Hall–Kier alpha value is -4.19. The molecule has 3 amide bonds. The molecule has 0 heterocycles. The van der Waals surface area contributed by atoms with E-state index in [9.17, 15) is 19.2 Å². The van der Waals surface area contributed by atoms with Crippen LogP contribution < -0.4 is 21.7 Å². The summed E-state index contributed by atoms with van der Waals surface area (Å²) < 4.78 is 5.19. The number of aliphatic carboxylic acids is 1. The summed E-state index contributed by atoms with van der Waals surface area (Å²) in [6.07, 6.45) is -0.841. The van der Waals surface area contributed by atoms with Crippen molar-refractivity contribution in [3.63, 3.8) is 0 Å². The van der Waals surface area contributed by atoms with Crippen molar-refractivity contribution in [1.29, 1.82) is 0 Å². The van der Waals surface area contributed by atoms with E-state index in [2.05, 4.69) is 16.0 Å². The molecule has 0 fully saturated rings. The van der Waals surface area contributed by atoms with Crippen molar-refractivity contribution in [2.24, 2.45) is 5.73 Å². The first-order valence-electron chi connectivity index (χ1n) is 15.1. The first-order chi connectivity index (χ1) is 21.7. The molecule has 0 unspecified atom stereocenters. The Bertz CT molecular complexity index is 1350. The van der Waals surface area contributed by atoms with E-state index < -0.39 is 64.8 Å². The third-order valence-electron chi connectivity index (χ3n) is 7.06. The summed E-state index contributed by atoms with van der Waals surface area (Å²) in [5.74, 6) is -3.08. The lowest BCUT2D eigenvalue weighted by Crippen LogP contribution is -2.60. The predicted octanol–water partition coefficient (Wildman–Crippen LogP) is 3.43. The van der Waals surface area contributed by atoms with Crippen molar-refractivity contribution in [1.82, 2.24) is 16.0 Å². The summed E-state index contributed by atoms with van der Waals surface area (Å²) >= 11 is 1.46. The summed E-state index contributed by atoms with van der Waals surface area (Å²) in [6, 6.07) is 26.4. The minimum absolute atomic E-state index is 0.0843. The Labute approximate surface area is 274 Å². The number of carbonyl (C=O) groups is 4. The van der Waals surface area contributed by atoms with Crippen LogP contribution in [0.1, 0.15) is 51.3 Å². The number of benzene rings is 3. The summed E-state index contributed by atoms with van der Waals surface area (Å²) in [6.45, 7) is 7.90. The molecule has 6 N–H and O–H groups in total. The number of carboxylic acid groups (broad SMARTS) is 1. The normalized spacial score (nSPS) is 14.3. The van der Waals surface area contributed by atoms with Crippen LogP contribution in [0.25, 0.3) is 0 Å². The zero-order valence-corrected chi connectivity index (χ0v) is 27.7. The maximum absolute atomic E-state index is 14.0. The molecule has 46 heavy (non-hydrogen) atoms. The SMILES string of the molecule is C[C@H](N)C(=O)N[C@@H](CSC(c1ccccc1)(c1ccccc1)c1ccccc1)C(=O)N[C@H](C(=O)NCC(=O)O)[C@@H](C)OC(C)(C)C. The van der Waals surface area contributed by atoms with Crippen LogP contribution in [0.15, 0.2) is 91.0 Å². The van der Waals surface area contributed by atoms with Crippen LogP contribution in [-0.2, 0) is 28.7 Å². The molecule has 0 saturated carbocycles. The number of ether oxygens (including phenoxy) is 1. The smallest absolute Gasteiger partial charge is 0.322 e. The van der Waals surface area contributed by atoms with Gasteiger partial charge in [-0.3, -0.25) is 19.2 Å². The molecule has 0 radical (unpaired) electrons. The number of hydrogen-bond acceptors (Lipinski definition) is 7. The molecule has 246 valence electrons. The van der Waals surface area contributed by atoms with Crippen molar-refractivity contribution >= 4 is 35.5 Å². The summed E-state index contributed by atoms with van der Waals surface area (Å²) in [5.41, 5.74) is 8.11. The van der Waals surface area contributed by atoms with E-state index in [0.29, 0.717) is 0 Å². The molecule has 3 rings (SSSR count). The number of rotatable bonds is 15. The molecule has 3 aromatic carbocycles. The number of carbonyl (C=O) groups excluding carboxylic acids is 3. The van der Waals surface area contributed by atoms with Crippen LogP contribution in [0.2, 0.25) is 0 Å². The Balaban J connectivity index is 2.05. The third kappa shape index (κ3) is 9.90. The third-order valence-corrected chi connectivity index (χ3v) is 8.70. The van der Waals surface area contributed by atoms with Gasteiger partial charge in [0.15, 0.2) is 0 Å². The molecule has 10 nitrogen and oxygen atoms in total.